The van der Waals surface area contributed by atoms with Gasteiger partial charge in [-0.25, -0.2) is 0 Å². The molecule has 0 unspecified atom stereocenters. The summed E-state index contributed by atoms with van der Waals surface area (Å²) in [4.78, 5) is 1.29. The average molecular weight is 219 g/mol. The van der Waals surface area contributed by atoms with Crippen molar-refractivity contribution in [3.63, 3.8) is 0 Å². The number of nitrogens with one attached hydrogen (secondary N) is 1. The molecule has 2 heteroatoms. The van der Waals surface area contributed by atoms with Crippen LogP contribution in [0.3, 0.4) is 0 Å². The van der Waals surface area contributed by atoms with Crippen LogP contribution in [0.5, 0.6) is 0 Å². The molecular formula is C13H17NS. The second kappa shape index (κ2) is 7.39. The molecule has 0 aliphatic rings. The number of hydrogen-bond donors (Lipinski definition) is 1. The molecule has 1 nitrogen and oxygen atoms in total. The predicted octanol–water partition coefficient (Wildman–Crippen LogP) is 2.91. The van der Waals surface area contributed by atoms with Gasteiger partial charge in [-0.15, -0.1) is 17.7 Å². The monoisotopic (exact) mass is 219 g/mol. The molecule has 0 aromatic heterocycles. The Morgan fingerprint density at radius 2 is 2.00 bits per heavy atom. The Balaban J connectivity index is 2.43. The molecule has 1 rings (SSSR count). The highest BCUT2D eigenvalue weighted by molar-refractivity contribution is 7.99. The zero-order chi connectivity index (χ0) is 10.9. The first-order valence-electron chi connectivity index (χ1n) is 5.19. The predicted molar refractivity (Wildman–Crippen MR) is 68.0 cm³/mol. The van der Waals surface area contributed by atoms with Crippen LogP contribution in [-0.2, 0) is 6.54 Å². The molecule has 0 amide bonds. The maximum Gasteiger partial charge on any atom is 0.0594 e. The fourth-order valence-corrected chi connectivity index (χ4v) is 1.88. The summed E-state index contributed by atoms with van der Waals surface area (Å²) in [6.07, 6.45) is 0. The number of hydrogen-bond acceptors (Lipinski definition) is 2. The van der Waals surface area contributed by atoms with Gasteiger partial charge >= 0.3 is 0 Å². The summed E-state index contributed by atoms with van der Waals surface area (Å²) >= 11 is 1.78. The largest absolute Gasteiger partial charge is 0.313 e. The van der Waals surface area contributed by atoms with Crippen LogP contribution < -0.4 is 5.32 Å². The van der Waals surface area contributed by atoms with Crippen molar-refractivity contribution in [2.75, 3.05) is 12.3 Å². The van der Waals surface area contributed by atoms with Crippen LogP contribution in [0.1, 0.15) is 19.4 Å². The van der Waals surface area contributed by atoms with Gasteiger partial charge in [-0.3, -0.25) is 0 Å². The van der Waals surface area contributed by atoms with E-state index in [1.54, 1.807) is 11.8 Å². The quantitative estimate of drug-likeness (QED) is 0.603. The van der Waals surface area contributed by atoms with Crippen LogP contribution in [0.25, 0.3) is 0 Å². The maximum atomic E-state index is 3.31. The van der Waals surface area contributed by atoms with E-state index >= 15 is 0 Å². The Bertz CT molecular complexity index is 332. The van der Waals surface area contributed by atoms with E-state index in [0.717, 1.165) is 18.8 Å². The summed E-state index contributed by atoms with van der Waals surface area (Å²) in [7, 11) is 0. The summed E-state index contributed by atoms with van der Waals surface area (Å²) < 4.78 is 0. The van der Waals surface area contributed by atoms with Gasteiger partial charge in [0.05, 0.1) is 5.75 Å². The molecule has 0 fully saturated rings. The molecular weight excluding hydrogens is 202 g/mol. The van der Waals surface area contributed by atoms with E-state index in [4.69, 9.17) is 0 Å². The highest BCUT2D eigenvalue weighted by Crippen LogP contribution is 2.17. The summed E-state index contributed by atoms with van der Waals surface area (Å²) in [6, 6.07) is 8.66. The highest BCUT2D eigenvalue weighted by atomic mass is 32.2. The molecule has 1 N–H and O–H groups in total. The molecule has 1 aromatic rings. The zero-order valence-electron chi connectivity index (χ0n) is 9.34. The summed E-state index contributed by atoms with van der Waals surface area (Å²) in [5, 5.41) is 3.31. The smallest absolute Gasteiger partial charge is 0.0594 e. The minimum Gasteiger partial charge on any atom is -0.313 e. The van der Waals surface area contributed by atoms with Gasteiger partial charge in [0, 0.05) is 11.4 Å². The van der Waals surface area contributed by atoms with Crippen molar-refractivity contribution in [2.45, 2.75) is 25.3 Å². The van der Waals surface area contributed by atoms with E-state index in [1.165, 1.54) is 10.5 Å². The average Bonchev–Trinajstić information content (AvgIpc) is 2.28. The van der Waals surface area contributed by atoms with Gasteiger partial charge in [0.2, 0.25) is 0 Å². The molecule has 0 aliphatic heterocycles. The minimum absolute atomic E-state index is 0.878. The standard InChI is InChI=1S/C13H17NS/c1-3-5-10-15-13-8-6-12(7-9-13)11-14-4-2/h6-9,14H,4,10-11H2,1-2H3. The molecule has 15 heavy (non-hydrogen) atoms. The van der Waals surface area contributed by atoms with Gasteiger partial charge in [0.25, 0.3) is 0 Å². The first-order valence-corrected chi connectivity index (χ1v) is 6.17. The third kappa shape index (κ3) is 4.92. The van der Waals surface area contributed by atoms with Crippen molar-refractivity contribution in [3.8, 4) is 11.8 Å². The zero-order valence-corrected chi connectivity index (χ0v) is 10.2. The Morgan fingerprint density at radius 1 is 1.27 bits per heavy atom. The van der Waals surface area contributed by atoms with E-state index in [-0.39, 0.29) is 0 Å². The van der Waals surface area contributed by atoms with Crippen molar-refractivity contribution >= 4 is 11.8 Å². The van der Waals surface area contributed by atoms with Gasteiger partial charge in [0.1, 0.15) is 0 Å². The molecule has 0 saturated heterocycles. The van der Waals surface area contributed by atoms with Crippen LogP contribution in [0.2, 0.25) is 0 Å². The SMILES string of the molecule is CC#CCSc1ccc(CNCC)cc1. The Kier molecular flexibility index (Phi) is 5.99. The third-order valence-electron chi connectivity index (χ3n) is 1.99. The number of thioether (sulfide) groups is 1. The fraction of sp³-hybridized carbons (Fsp3) is 0.385. The van der Waals surface area contributed by atoms with Gasteiger partial charge < -0.3 is 5.32 Å². The second-order valence-electron chi connectivity index (χ2n) is 3.14. The van der Waals surface area contributed by atoms with Crippen molar-refractivity contribution in [3.05, 3.63) is 29.8 Å². The molecule has 0 atom stereocenters. The van der Waals surface area contributed by atoms with Gasteiger partial charge in [-0.1, -0.05) is 25.0 Å². The Labute approximate surface area is 96.7 Å². The molecule has 1 aromatic carbocycles. The van der Waals surface area contributed by atoms with E-state index in [0.29, 0.717) is 0 Å². The topological polar surface area (TPSA) is 12.0 Å². The summed E-state index contributed by atoms with van der Waals surface area (Å²) in [6.45, 7) is 5.96. The molecule has 0 heterocycles. The molecule has 0 saturated carbocycles. The lowest BCUT2D eigenvalue weighted by atomic mass is 10.2. The highest BCUT2D eigenvalue weighted by Gasteiger charge is 1.93. The van der Waals surface area contributed by atoms with E-state index in [1.807, 2.05) is 6.92 Å². The fourth-order valence-electron chi connectivity index (χ4n) is 1.16. The van der Waals surface area contributed by atoms with Gasteiger partial charge in [-0.2, -0.15) is 0 Å². The normalized spacial score (nSPS) is 9.47. The third-order valence-corrected chi connectivity index (χ3v) is 2.88. The van der Waals surface area contributed by atoms with Gasteiger partial charge in [0.15, 0.2) is 0 Å². The molecule has 80 valence electrons. The molecule has 0 spiro atoms. The van der Waals surface area contributed by atoms with Crippen molar-refractivity contribution in [2.24, 2.45) is 0 Å². The lowest BCUT2D eigenvalue weighted by Crippen LogP contribution is -2.11. The Morgan fingerprint density at radius 3 is 2.60 bits per heavy atom. The van der Waals surface area contributed by atoms with Crippen LogP contribution in [0.15, 0.2) is 29.2 Å². The van der Waals surface area contributed by atoms with Crippen molar-refractivity contribution in [1.82, 2.24) is 5.32 Å². The van der Waals surface area contributed by atoms with E-state index < -0.39 is 0 Å². The summed E-state index contributed by atoms with van der Waals surface area (Å²) in [5.74, 6) is 6.82. The van der Waals surface area contributed by atoms with E-state index in [2.05, 4.69) is 48.3 Å². The molecule has 0 bridgehead atoms. The van der Waals surface area contributed by atoms with Crippen LogP contribution in [0, 0.1) is 11.8 Å². The molecule has 0 aliphatic carbocycles. The first kappa shape index (κ1) is 12.2. The number of rotatable bonds is 5. The minimum atomic E-state index is 0.878. The second-order valence-corrected chi connectivity index (χ2v) is 4.19. The van der Waals surface area contributed by atoms with Crippen LogP contribution >= 0.6 is 11.8 Å². The lowest BCUT2D eigenvalue weighted by molar-refractivity contribution is 0.726. The maximum absolute atomic E-state index is 3.31. The van der Waals surface area contributed by atoms with Crippen molar-refractivity contribution in [1.29, 1.82) is 0 Å². The first-order chi connectivity index (χ1) is 7.36. The van der Waals surface area contributed by atoms with Crippen LogP contribution in [-0.4, -0.2) is 12.3 Å². The van der Waals surface area contributed by atoms with Crippen LogP contribution in [0.4, 0.5) is 0 Å². The molecule has 0 radical (unpaired) electrons. The number of benzene rings is 1. The van der Waals surface area contributed by atoms with Gasteiger partial charge in [-0.05, 0) is 31.2 Å². The summed E-state index contributed by atoms with van der Waals surface area (Å²) in [5.41, 5.74) is 1.34. The van der Waals surface area contributed by atoms with E-state index in [9.17, 15) is 0 Å². The lowest BCUT2D eigenvalue weighted by Gasteiger charge is -2.03. The Hall–Kier alpha value is -0.910. The van der Waals surface area contributed by atoms with Crippen molar-refractivity contribution < 1.29 is 0 Å².